The minimum Gasteiger partial charge on any atom is -0.494 e. The van der Waals surface area contributed by atoms with Gasteiger partial charge in [0.05, 0.1) is 38.6 Å². The van der Waals surface area contributed by atoms with Gasteiger partial charge in [-0.25, -0.2) is 0 Å². The van der Waals surface area contributed by atoms with Gasteiger partial charge in [-0.15, -0.1) is 0 Å². The molecule has 7 rings (SSSR count). The molecule has 8 heteroatoms. The van der Waals surface area contributed by atoms with Crippen LogP contribution in [0.25, 0.3) is 22.3 Å². The Bertz CT molecular complexity index is 1560. The van der Waals surface area contributed by atoms with Gasteiger partial charge in [0.2, 0.25) is 0 Å². The van der Waals surface area contributed by atoms with Crippen LogP contribution in [0, 0.1) is 0 Å². The summed E-state index contributed by atoms with van der Waals surface area (Å²) in [4.78, 5) is 30.3. The van der Waals surface area contributed by atoms with Gasteiger partial charge < -0.3 is 28.7 Å². The molecule has 4 aromatic carbocycles. The summed E-state index contributed by atoms with van der Waals surface area (Å²) in [7, 11) is 0. The molecular formula is C42H46N2O6. The molecule has 50 heavy (non-hydrogen) atoms. The first-order chi connectivity index (χ1) is 24.6. The van der Waals surface area contributed by atoms with Crippen molar-refractivity contribution in [2.75, 3.05) is 52.6 Å². The third-order valence-corrected chi connectivity index (χ3v) is 9.68. The van der Waals surface area contributed by atoms with E-state index in [2.05, 4.69) is 24.3 Å². The first kappa shape index (κ1) is 33.8. The van der Waals surface area contributed by atoms with Crippen LogP contribution in [-0.2, 0) is 9.47 Å². The summed E-state index contributed by atoms with van der Waals surface area (Å²) in [5, 5.41) is 0. The Morgan fingerprint density at radius 1 is 0.500 bits per heavy atom. The molecule has 3 aliphatic rings. The van der Waals surface area contributed by atoms with Crippen molar-refractivity contribution in [1.29, 1.82) is 0 Å². The molecule has 3 aliphatic heterocycles. The minimum atomic E-state index is -0.00917. The van der Waals surface area contributed by atoms with Crippen molar-refractivity contribution in [3.05, 3.63) is 108 Å². The van der Waals surface area contributed by atoms with Crippen molar-refractivity contribution in [3.8, 4) is 33.8 Å². The molecule has 8 nitrogen and oxygen atoms in total. The van der Waals surface area contributed by atoms with E-state index in [1.807, 2.05) is 82.6 Å². The summed E-state index contributed by atoms with van der Waals surface area (Å²) in [5.41, 5.74) is 5.55. The molecule has 2 amide bonds. The maximum atomic E-state index is 13.3. The zero-order valence-electron chi connectivity index (χ0n) is 28.6. The van der Waals surface area contributed by atoms with E-state index in [0.717, 1.165) is 85.5 Å². The normalized spacial score (nSPS) is 18.1. The topological polar surface area (TPSA) is 84.1 Å². The Kier molecular flexibility index (Phi) is 11.1. The molecular weight excluding hydrogens is 628 g/mol. The fourth-order valence-electron chi connectivity index (χ4n) is 6.37. The standard InChI is InChI=1S/C42H46N2O6/c45-41(35-11-7-31(8-12-35)33-15-19-37(20-16-33)47-27-3-1-5-39-29-49-39)43-23-25-44(26-24-43)42(46)36-13-9-32(10-14-36)34-17-21-38(22-18-34)48-28-4-2-6-40-30-50-40/h7-22,39-40H,1-6,23-30H2. The highest BCUT2D eigenvalue weighted by molar-refractivity contribution is 5.96. The number of epoxide rings is 2. The molecule has 0 spiro atoms. The maximum absolute atomic E-state index is 13.3. The summed E-state index contributed by atoms with van der Waals surface area (Å²) < 4.78 is 22.3. The number of rotatable bonds is 16. The van der Waals surface area contributed by atoms with Gasteiger partial charge >= 0.3 is 0 Å². The van der Waals surface area contributed by atoms with E-state index >= 15 is 0 Å². The highest BCUT2D eigenvalue weighted by Gasteiger charge is 2.26. The minimum absolute atomic E-state index is 0.00917. The summed E-state index contributed by atoms with van der Waals surface area (Å²) in [6.45, 7) is 5.27. The number of hydrogen-bond donors (Lipinski definition) is 0. The lowest BCUT2D eigenvalue weighted by Crippen LogP contribution is -2.50. The third-order valence-electron chi connectivity index (χ3n) is 9.68. The van der Waals surface area contributed by atoms with Gasteiger partial charge in [-0.2, -0.15) is 0 Å². The fraction of sp³-hybridized carbons (Fsp3) is 0.381. The molecule has 0 aromatic heterocycles. The van der Waals surface area contributed by atoms with Crippen LogP contribution >= 0.6 is 0 Å². The van der Waals surface area contributed by atoms with Crippen LogP contribution in [0.15, 0.2) is 97.1 Å². The maximum Gasteiger partial charge on any atom is 0.253 e. The van der Waals surface area contributed by atoms with Gasteiger partial charge in [-0.1, -0.05) is 48.5 Å². The summed E-state index contributed by atoms with van der Waals surface area (Å²) in [5.74, 6) is 1.72. The molecule has 3 heterocycles. The Morgan fingerprint density at radius 2 is 0.820 bits per heavy atom. The molecule has 0 saturated carbocycles. The smallest absolute Gasteiger partial charge is 0.253 e. The fourth-order valence-corrected chi connectivity index (χ4v) is 6.37. The number of amides is 2. The van der Waals surface area contributed by atoms with Crippen LogP contribution in [0.1, 0.15) is 59.2 Å². The van der Waals surface area contributed by atoms with E-state index in [1.165, 1.54) is 0 Å². The van der Waals surface area contributed by atoms with E-state index in [4.69, 9.17) is 18.9 Å². The predicted octanol–water partition coefficient (Wildman–Crippen LogP) is 7.51. The van der Waals surface area contributed by atoms with Crippen molar-refractivity contribution >= 4 is 11.8 Å². The third kappa shape index (κ3) is 9.31. The van der Waals surface area contributed by atoms with E-state index < -0.39 is 0 Å². The highest BCUT2D eigenvalue weighted by Crippen LogP contribution is 2.26. The molecule has 0 N–H and O–H groups in total. The summed E-state index contributed by atoms with van der Waals surface area (Å²) in [6.07, 6.45) is 7.52. The van der Waals surface area contributed by atoms with Gasteiger partial charge in [-0.05, 0) is 109 Å². The largest absolute Gasteiger partial charge is 0.494 e. The first-order valence-electron chi connectivity index (χ1n) is 18.1. The molecule has 0 bridgehead atoms. The quantitative estimate of drug-likeness (QED) is 0.0904. The van der Waals surface area contributed by atoms with Crippen LogP contribution in [-0.4, -0.2) is 86.4 Å². The molecule has 2 unspecified atom stereocenters. The molecule has 3 saturated heterocycles. The first-order valence-corrected chi connectivity index (χ1v) is 18.1. The van der Waals surface area contributed by atoms with Crippen molar-refractivity contribution in [2.45, 2.75) is 50.7 Å². The number of nitrogens with zero attached hydrogens (tertiary/aromatic N) is 2. The van der Waals surface area contributed by atoms with Crippen LogP contribution in [0.3, 0.4) is 0 Å². The second kappa shape index (κ2) is 16.4. The van der Waals surface area contributed by atoms with E-state index in [9.17, 15) is 9.59 Å². The van der Waals surface area contributed by atoms with Crippen molar-refractivity contribution < 1.29 is 28.5 Å². The monoisotopic (exact) mass is 674 g/mol. The molecule has 260 valence electrons. The number of hydrogen-bond acceptors (Lipinski definition) is 6. The van der Waals surface area contributed by atoms with Gasteiger partial charge in [0, 0.05) is 37.3 Å². The zero-order chi connectivity index (χ0) is 34.1. The Morgan fingerprint density at radius 3 is 1.14 bits per heavy atom. The van der Waals surface area contributed by atoms with Crippen LogP contribution in [0.4, 0.5) is 0 Å². The average molecular weight is 675 g/mol. The van der Waals surface area contributed by atoms with Gasteiger partial charge in [0.15, 0.2) is 0 Å². The predicted molar refractivity (Wildman–Crippen MR) is 194 cm³/mol. The number of carbonyl (C=O) groups is 2. The molecule has 0 aliphatic carbocycles. The van der Waals surface area contributed by atoms with Crippen LogP contribution in [0.2, 0.25) is 0 Å². The highest BCUT2D eigenvalue weighted by atomic mass is 16.6. The van der Waals surface area contributed by atoms with Gasteiger partial charge in [0.25, 0.3) is 11.8 Å². The Hall–Kier alpha value is -4.66. The molecule has 2 atom stereocenters. The zero-order valence-corrected chi connectivity index (χ0v) is 28.6. The molecule has 0 radical (unpaired) electrons. The molecule has 3 fully saturated rings. The van der Waals surface area contributed by atoms with Gasteiger partial charge in [-0.3, -0.25) is 9.59 Å². The van der Waals surface area contributed by atoms with Crippen molar-refractivity contribution in [2.24, 2.45) is 0 Å². The summed E-state index contributed by atoms with van der Waals surface area (Å²) >= 11 is 0. The lowest BCUT2D eigenvalue weighted by Gasteiger charge is -2.35. The lowest BCUT2D eigenvalue weighted by atomic mass is 10.0. The number of benzene rings is 4. The van der Waals surface area contributed by atoms with E-state index in [0.29, 0.717) is 62.7 Å². The number of ether oxygens (including phenoxy) is 4. The number of unbranched alkanes of at least 4 members (excludes halogenated alkanes) is 2. The Labute approximate surface area is 294 Å². The van der Waals surface area contributed by atoms with Gasteiger partial charge in [0.1, 0.15) is 11.5 Å². The second-order valence-electron chi connectivity index (χ2n) is 13.4. The van der Waals surface area contributed by atoms with E-state index in [1.54, 1.807) is 0 Å². The van der Waals surface area contributed by atoms with E-state index in [-0.39, 0.29) is 11.8 Å². The van der Waals surface area contributed by atoms with Crippen LogP contribution in [0.5, 0.6) is 11.5 Å². The van der Waals surface area contributed by atoms with Crippen LogP contribution < -0.4 is 9.47 Å². The number of carbonyl (C=O) groups excluding carboxylic acids is 2. The van der Waals surface area contributed by atoms with Crippen molar-refractivity contribution in [1.82, 2.24) is 9.80 Å². The molecule has 4 aromatic rings. The van der Waals surface area contributed by atoms with Crippen molar-refractivity contribution in [3.63, 3.8) is 0 Å². The average Bonchev–Trinajstić information content (AvgIpc) is 4.12. The number of piperazine rings is 1. The Balaban J connectivity index is 0.841. The second-order valence-corrected chi connectivity index (χ2v) is 13.4. The lowest BCUT2D eigenvalue weighted by molar-refractivity contribution is 0.0535. The summed E-state index contributed by atoms with van der Waals surface area (Å²) in [6, 6.07) is 31.7. The SMILES string of the molecule is O=C(c1ccc(-c2ccc(OCCCCC3CO3)cc2)cc1)N1CCN(C(=O)c2ccc(-c3ccc(OCCCCC4CO4)cc3)cc2)CC1.